The molecule has 0 saturated carbocycles. The van der Waals surface area contributed by atoms with E-state index in [2.05, 4.69) is 0 Å². The summed E-state index contributed by atoms with van der Waals surface area (Å²) in [7, 11) is 1.60. The van der Waals surface area contributed by atoms with E-state index in [0.717, 1.165) is 11.1 Å². The number of hydrogen-bond donors (Lipinski definition) is 2. The molecular formula is C12H18ClNO2. The highest BCUT2D eigenvalue weighted by Gasteiger charge is 2.25. The number of rotatable bonds is 4. The van der Waals surface area contributed by atoms with E-state index in [4.69, 9.17) is 27.2 Å². The lowest BCUT2D eigenvalue weighted by Gasteiger charge is -2.27. The zero-order chi connectivity index (χ0) is 12.3. The summed E-state index contributed by atoms with van der Waals surface area (Å²) in [5.74, 6) is 0.709. The Morgan fingerprint density at radius 1 is 1.50 bits per heavy atom. The zero-order valence-corrected chi connectivity index (χ0v) is 10.6. The molecule has 0 aliphatic carbocycles. The van der Waals surface area contributed by atoms with Crippen LogP contribution in [0.5, 0.6) is 5.75 Å². The molecule has 4 heteroatoms. The molecule has 3 nitrogen and oxygen atoms in total. The van der Waals surface area contributed by atoms with Crippen molar-refractivity contribution in [2.75, 3.05) is 13.7 Å². The predicted octanol–water partition coefficient (Wildman–Crippen LogP) is 2.21. The third-order valence-electron chi connectivity index (χ3n) is 2.73. The number of halogens is 1. The van der Waals surface area contributed by atoms with E-state index in [1.165, 1.54) is 0 Å². The van der Waals surface area contributed by atoms with Crippen molar-refractivity contribution >= 4 is 11.6 Å². The van der Waals surface area contributed by atoms with Gasteiger partial charge in [0.05, 0.1) is 7.11 Å². The number of aryl methyl sites for hydroxylation is 1. The molecule has 3 N–H and O–H groups in total. The fraction of sp³-hybridized carbons (Fsp3) is 0.500. The first kappa shape index (κ1) is 13.3. The Morgan fingerprint density at radius 3 is 2.62 bits per heavy atom. The van der Waals surface area contributed by atoms with Crippen molar-refractivity contribution in [3.8, 4) is 5.75 Å². The van der Waals surface area contributed by atoms with E-state index in [-0.39, 0.29) is 6.61 Å². The summed E-state index contributed by atoms with van der Waals surface area (Å²) in [4.78, 5) is 0. The summed E-state index contributed by atoms with van der Waals surface area (Å²) in [5.41, 5.74) is 7.27. The van der Waals surface area contributed by atoms with Gasteiger partial charge in [-0.3, -0.25) is 0 Å². The first-order valence-electron chi connectivity index (χ1n) is 5.16. The molecule has 0 aromatic heterocycles. The normalized spacial score (nSPS) is 14.6. The highest BCUT2D eigenvalue weighted by Crippen LogP contribution is 2.34. The van der Waals surface area contributed by atoms with Gasteiger partial charge >= 0.3 is 0 Å². The zero-order valence-electron chi connectivity index (χ0n) is 9.88. The Hall–Kier alpha value is -0.770. The van der Waals surface area contributed by atoms with Gasteiger partial charge in [0, 0.05) is 22.7 Å². The van der Waals surface area contributed by atoms with E-state index in [1.807, 2.05) is 26.0 Å². The summed E-state index contributed by atoms with van der Waals surface area (Å²) in [6, 6.07) is 3.67. The van der Waals surface area contributed by atoms with Crippen LogP contribution in [0.25, 0.3) is 0 Å². The lowest BCUT2D eigenvalue weighted by Crippen LogP contribution is -2.34. The van der Waals surface area contributed by atoms with Crippen LogP contribution >= 0.6 is 11.6 Å². The van der Waals surface area contributed by atoms with Crippen molar-refractivity contribution in [1.82, 2.24) is 0 Å². The second kappa shape index (κ2) is 5.04. The highest BCUT2D eigenvalue weighted by molar-refractivity contribution is 6.31. The molecule has 0 aliphatic rings. The van der Waals surface area contributed by atoms with Crippen LogP contribution in [-0.4, -0.2) is 18.8 Å². The molecule has 0 fully saturated rings. The topological polar surface area (TPSA) is 55.5 Å². The molecular weight excluding hydrogens is 226 g/mol. The average Bonchev–Trinajstić information content (AvgIpc) is 2.21. The van der Waals surface area contributed by atoms with Gasteiger partial charge in [-0.15, -0.1) is 0 Å². The van der Waals surface area contributed by atoms with Crippen LogP contribution in [0.3, 0.4) is 0 Å². The third-order valence-corrected chi connectivity index (χ3v) is 3.13. The predicted molar refractivity (Wildman–Crippen MR) is 66.0 cm³/mol. The van der Waals surface area contributed by atoms with Gasteiger partial charge in [-0.2, -0.15) is 0 Å². The summed E-state index contributed by atoms with van der Waals surface area (Å²) in [6.45, 7) is 3.79. The second-order valence-corrected chi connectivity index (χ2v) is 4.60. The van der Waals surface area contributed by atoms with Crippen molar-refractivity contribution in [2.45, 2.75) is 25.8 Å². The minimum Gasteiger partial charge on any atom is -0.496 e. The number of nitrogens with two attached hydrogens (primary N) is 1. The average molecular weight is 244 g/mol. The summed E-state index contributed by atoms with van der Waals surface area (Å²) < 4.78 is 5.29. The van der Waals surface area contributed by atoms with Gasteiger partial charge < -0.3 is 15.6 Å². The van der Waals surface area contributed by atoms with Crippen LogP contribution in [-0.2, 0) is 5.54 Å². The molecule has 1 rings (SSSR count). The van der Waals surface area contributed by atoms with Gasteiger partial charge in [-0.05, 0) is 38.0 Å². The van der Waals surface area contributed by atoms with Gasteiger partial charge in [0.2, 0.25) is 0 Å². The van der Waals surface area contributed by atoms with Crippen molar-refractivity contribution in [1.29, 1.82) is 0 Å². The SMILES string of the molecule is COc1cc(C)c(Cl)cc1C(C)(N)CCO. The molecule has 0 saturated heterocycles. The van der Waals surface area contributed by atoms with Crippen molar-refractivity contribution in [2.24, 2.45) is 5.73 Å². The smallest absolute Gasteiger partial charge is 0.124 e. The minimum absolute atomic E-state index is 0.0294. The van der Waals surface area contributed by atoms with Gasteiger partial charge in [0.25, 0.3) is 0 Å². The molecule has 0 bridgehead atoms. The Bertz CT molecular complexity index is 378. The van der Waals surface area contributed by atoms with Crippen LogP contribution in [0.15, 0.2) is 12.1 Å². The van der Waals surface area contributed by atoms with Gasteiger partial charge in [-0.1, -0.05) is 11.6 Å². The molecule has 1 aromatic rings. The van der Waals surface area contributed by atoms with Crippen LogP contribution in [0.2, 0.25) is 5.02 Å². The van der Waals surface area contributed by atoms with E-state index < -0.39 is 5.54 Å². The molecule has 0 radical (unpaired) electrons. The Labute approximate surface area is 101 Å². The van der Waals surface area contributed by atoms with E-state index in [1.54, 1.807) is 7.11 Å². The number of methoxy groups -OCH3 is 1. The lowest BCUT2D eigenvalue weighted by atomic mass is 9.88. The minimum atomic E-state index is -0.641. The molecule has 0 heterocycles. The maximum absolute atomic E-state index is 9.00. The molecule has 0 amide bonds. The Balaban J connectivity index is 3.26. The molecule has 0 aliphatic heterocycles. The monoisotopic (exact) mass is 243 g/mol. The number of benzene rings is 1. The molecule has 1 unspecified atom stereocenters. The Kier molecular flexibility index (Phi) is 4.19. The van der Waals surface area contributed by atoms with E-state index >= 15 is 0 Å². The molecule has 1 atom stereocenters. The number of aliphatic hydroxyl groups excluding tert-OH is 1. The van der Waals surface area contributed by atoms with Crippen LogP contribution in [0.4, 0.5) is 0 Å². The van der Waals surface area contributed by atoms with Crippen molar-refractivity contribution < 1.29 is 9.84 Å². The molecule has 16 heavy (non-hydrogen) atoms. The van der Waals surface area contributed by atoms with Crippen LogP contribution in [0, 0.1) is 6.92 Å². The largest absolute Gasteiger partial charge is 0.496 e. The Morgan fingerprint density at radius 2 is 2.12 bits per heavy atom. The lowest BCUT2D eigenvalue weighted by molar-refractivity contribution is 0.244. The molecule has 1 aromatic carbocycles. The van der Waals surface area contributed by atoms with Crippen LogP contribution in [0.1, 0.15) is 24.5 Å². The van der Waals surface area contributed by atoms with Crippen molar-refractivity contribution in [3.05, 3.63) is 28.3 Å². The number of hydrogen-bond acceptors (Lipinski definition) is 3. The molecule has 90 valence electrons. The first-order chi connectivity index (χ1) is 7.42. The number of ether oxygens (including phenoxy) is 1. The number of aliphatic hydroxyl groups is 1. The maximum atomic E-state index is 9.00. The van der Waals surface area contributed by atoms with Crippen molar-refractivity contribution in [3.63, 3.8) is 0 Å². The fourth-order valence-electron chi connectivity index (χ4n) is 1.64. The van der Waals surface area contributed by atoms with Gasteiger partial charge in [0.15, 0.2) is 0 Å². The summed E-state index contributed by atoms with van der Waals surface area (Å²) in [6.07, 6.45) is 0.461. The standard InChI is InChI=1S/C12H18ClNO2/c1-8-6-11(16-3)9(7-10(8)13)12(2,14)4-5-15/h6-7,15H,4-5,14H2,1-3H3. The summed E-state index contributed by atoms with van der Waals surface area (Å²) >= 11 is 6.08. The first-order valence-corrected chi connectivity index (χ1v) is 5.54. The summed E-state index contributed by atoms with van der Waals surface area (Å²) in [5, 5.41) is 9.65. The fourth-order valence-corrected chi connectivity index (χ4v) is 1.80. The molecule has 0 spiro atoms. The highest BCUT2D eigenvalue weighted by atomic mass is 35.5. The second-order valence-electron chi connectivity index (χ2n) is 4.19. The van der Waals surface area contributed by atoms with E-state index in [0.29, 0.717) is 17.2 Å². The third kappa shape index (κ3) is 2.67. The van der Waals surface area contributed by atoms with Gasteiger partial charge in [-0.25, -0.2) is 0 Å². The van der Waals surface area contributed by atoms with E-state index in [9.17, 15) is 0 Å². The van der Waals surface area contributed by atoms with Crippen LogP contribution < -0.4 is 10.5 Å². The maximum Gasteiger partial charge on any atom is 0.124 e. The van der Waals surface area contributed by atoms with Gasteiger partial charge in [0.1, 0.15) is 5.75 Å². The quantitative estimate of drug-likeness (QED) is 0.853.